The summed E-state index contributed by atoms with van der Waals surface area (Å²) in [5.41, 5.74) is 3.32. The number of fused-ring (bicyclic) bond motifs is 2. The molecule has 6 nitrogen and oxygen atoms in total. The number of aryl methyl sites for hydroxylation is 1. The van der Waals surface area contributed by atoms with Crippen LogP contribution in [0.3, 0.4) is 0 Å². The Morgan fingerprint density at radius 2 is 1.82 bits per heavy atom. The number of nitrogens with zero attached hydrogens (tertiary/aromatic N) is 2. The van der Waals surface area contributed by atoms with E-state index >= 15 is 0 Å². The van der Waals surface area contributed by atoms with Crippen LogP contribution in [-0.2, 0) is 26.0 Å². The number of amides is 1. The first-order valence-corrected chi connectivity index (χ1v) is 15.8. The molecule has 2 unspecified atom stereocenters. The maximum atomic E-state index is 14.2. The van der Waals surface area contributed by atoms with Crippen molar-refractivity contribution in [2.75, 3.05) is 26.2 Å². The number of sulfonamides is 1. The van der Waals surface area contributed by atoms with Gasteiger partial charge in [-0.05, 0) is 65.8 Å². The summed E-state index contributed by atoms with van der Waals surface area (Å²) in [6.07, 6.45) is 2.22. The van der Waals surface area contributed by atoms with E-state index in [-0.39, 0.29) is 36.0 Å². The highest BCUT2D eigenvalue weighted by Crippen LogP contribution is 2.39. The monoisotopic (exact) mass is 560 g/mol. The van der Waals surface area contributed by atoms with Gasteiger partial charge in [-0.2, -0.15) is 4.31 Å². The molecule has 0 radical (unpaired) electrons. The molecule has 1 saturated heterocycles. The highest BCUT2D eigenvalue weighted by atomic mass is 32.2. The van der Waals surface area contributed by atoms with Gasteiger partial charge in [0, 0.05) is 30.0 Å². The average Bonchev–Trinajstić information content (AvgIpc) is 3.64. The van der Waals surface area contributed by atoms with Crippen molar-refractivity contribution in [3.63, 3.8) is 0 Å². The number of ether oxygens (including phenoxy) is 1. The van der Waals surface area contributed by atoms with E-state index in [0.29, 0.717) is 18.5 Å². The first kappa shape index (κ1) is 26.2. The van der Waals surface area contributed by atoms with E-state index in [0.717, 1.165) is 41.3 Å². The van der Waals surface area contributed by atoms with Crippen LogP contribution in [0.25, 0.3) is 10.8 Å². The normalized spacial score (nSPS) is 19.5. The van der Waals surface area contributed by atoms with Gasteiger partial charge < -0.3 is 9.64 Å². The predicted octanol–water partition coefficient (Wildman–Crippen LogP) is 5.55. The number of benzene rings is 3. The third-order valence-corrected chi connectivity index (χ3v) is 10.7. The summed E-state index contributed by atoms with van der Waals surface area (Å²) in [5, 5.41) is 3.59. The molecule has 4 aromatic rings. The summed E-state index contributed by atoms with van der Waals surface area (Å²) in [7, 11) is -3.98. The van der Waals surface area contributed by atoms with Gasteiger partial charge in [0.05, 0.1) is 23.6 Å². The van der Waals surface area contributed by atoms with Gasteiger partial charge in [-0.1, -0.05) is 60.7 Å². The molecule has 0 spiro atoms. The molecule has 2 atom stereocenters. The fourth-order valence-electron chi connectivity index (χ4n) is 5.88. The van der Waals surface area contributed by atoms with Crippen molar-refractivity contribution >= 4 is 38.0 Å². The van der Waals surface area contributed by atoms with Crippen LogP contribution >= 0.6 is 11.3 Å². The smallest absolute Gasteiger partial charge is 0.244 e. The fraction of sp³-hybridized carbons (Fsp3) is 0.323. The third-order valence-electron chi connectivity index (χ3n) is 7.88. The molecule has 3 heterocycles. The van der Waals surface area contributed by atoms with E-state index in [1.807, 2.05) is 47.4 Å². The SMILES string of the molecule is Cc1ccccc1C1c2ccsc2CCN1C(=O)CN(CC1CCCO1)S(=O)(=O)c1cccc2ccccc12. The molecule has 0 N–H and O–H groups in total. The number of carbonyl (C=O) groups excluding carboxylic acids is 1. The lowest BCUT2D eigenvalue weighted by Gasteiger charge is -2.38. The minimum absolute atomic E-state index is 0.157. The molecule has 2 aliphatic rings. The van der Waals surface area contributed by atoms with Gasteiger partial charge in [0.15, 0.2) is 0 Å². The van der Waals surface area contributed by atoms with Crippen LogP contribution < -0.4 is 0 Å². The van der Waals surface area contributed by atoms with Crippen molar-refractivity contribution < 1.29 is 17.9 Å². The predicted molar refractivity (Wildman–Crippen MR) is 154 cm³/mol. The highest BCUT2D eigenvalue weighted by Gasteiger charge is 2.37. The molecule has 6 rings (SSSR count). The zero-order valence-corrected chi connectivity index (χ0v) is 23.6. The Kier molecular flexibility index (Phi) is 7.29. The molecule has 3 aromatic carbocycles. The molecule has 202 valence electrons. The summed E-state index contributed by atoms with van der Waals surface area (Å²) in [6.45, 7) is 3.15. The second kappa shape index (κ2) is 10.8. The molecule has 8 heteroatoms. The molecular formula is C31H32N2O4S2. The Labute approximate surface area is 233 Å². The third kappa shape index (κ3) is 5.02. The van der Waals surface area contributed by atoms with Gasteiger partial charge in [-0.3, -0.25) is 4.79 Å². The molecule has 1 aromatic heterocycles. The lowest BCUT2D eigenvalue weighted by molar-refractivity contribution is -0.133. The Morgan fingerprint density at radius 3 is 2.64 bits per heavy atom. The standard InChI is InChI=1S/C31H32N2O4S2/c1-22-8-2-4-12-25(22)31-27-16-19-38-28(27)15-17-33(31)30(34)21-32(20-24-11-7-18-37-24)39(35,36)29-14-6-10-23-9-3-5-13-26(23)29/h2-6,8-10,12-14,16,19,24,31H,7,11,15,17-18,20-21H2,1H3. The summed E-state index contributed by atoms with van der Waals surface area (Å²) < 4.78 is 35.6. The van der Waals surface area contributed by atoms with Crippen molar-refractivity contribution in [2.45, 2.75) is 43.2 Å². The molecular weight excluding hydrogens is 528 g/mol. The van der Waals surface area contributed by atoms with Gasteiger partial charge in [0.1, 0.15) is 0 Å². The summed E-state index contributed by atoms with van der Waals surface area (Å²) in [5.74, 6) is -0.193. The lowest BCUT2D eigenvalue weighted by Crippen LogP contribution is -2.48. The summed E-state index contributed by atoms with van der Waals surface area (Å²) in [6, 6.07) is 22.8. The van der Waals surface area contributed by atoms with Gasteiger partial charge in [-0.25, -0.2) is 8.42 Å². The Bertz CT molecular complexity index is 1600. The molecule has 39 heavy (non-hydrogen) atoms. The van der Waals surface area contributed by atoms with Gasteiger partial charge in [0.2, 0.25) is 15.9 Å². The maximum Gasteiger partial charge on any atom is 0.244 e. The van der Waals surface area contributed by atoms with Crippen LogP contribution in [-0.4, -0.2) is 55.9 Å². The largest absolute Gasteiger partial charge is 0.377 e. The number of hydrogen-bond acceptors (Lipinski definition) is 5. The van der Waals surface area contributed by atoms with E-state index in [4.69, 9.17) is 4.74 Å². The van der Waals surface area contributed by atoms with Crippen LogP contribution in [0.5, 0.6) is 0 Å². The second-order valence-corrected chi connectivity index (χ2v) is 13.2. The minimum atomic E-state index is -3.98. The molecule has 1 fully saturated rings. The molecule has 0 aliphatic carbocycles. The topological polar surface area (TPSA) is 66.9 Å². The summed E-state index contributed by atoms with van der Waals surface area (Å²) in [4.78, 5) is 17.5. The molecule has 1 amide bonds. The minimum Gasteiger partial charge on any atom is -0.377 e. The Balaban J connectivity index is 1.37. The maximum absolute atomic E-state index is 14.2. The number of carbonyl (C=O) groups is 1. The van der Waals surface area contributed by atoms with Crippen LogP contribution in [0.4, 0.5) is 0 Å². The van der Waals surface area contributed by atoms with E-state index < -0.39 is 10.0 Å². The average molecular weight is 561 g/mol. The van der Waals surface area contributed by atoms with Crippen molar-refractivity contribution in [1.82, 2.24) is 9.21 Å². The van der Waals surface area contributed by atoms with E-state index in [9.17, 15) is 13.2 Å². The van der Waals surface area contributed by atoms with E-state index in [1.165, 1.54) is 9.18 Å². The van der Waals surface area contributed by atoms with Crippen molar-refractivity contribution in [3.05, 3.63) is 99.7 Å². The fourth-order valence-corrected chi connectivity index (χ4v) is 8.42. The molecule has 2 aliphatic heterocycles. The quantitative estimate of drug-likeness (QED) is 0.297. The van der Waals surface area contributed by atoms with Crippen molar-refractivity contribution in [2.24, 2.45) is 0 Å². The number of thiophene rings is 1. The van der Waals surface area contributed by atoms with Crippen molar-refractivity contribution in [1.29, 1.82) is 0 Å². The van der Waals surface area contributed by atoms with Crippen molar-refractivity contribution in [3.8, 4) is 0 Å². The van der Waals surface area contributed by atoms with Crippen LogP contribution in [0.1, 0.15) is 40.5 Å². The lowest BCUT2D eigenvalue weighted by atomic mass is 9.90. The Hall–Kier alpha value is -3.04. The molecule has 0 saturated carbocycles. The first-order chi connectivity index (χ1) is 18.9. The highest BCUT2D eigenvalue weighted by molar-refractivity contribution is 7.89. The Morgan fingerprint density at radius 1 is 1.03 bits per heavy atom. The van der Waals surface area contributed by atoms with Gasteiger partial charge >= 0.3 is 0 Å². The first-order valence-electron chi connectivity index (χ1n) is 13.4. The van der Waals surface area contributed by atoms with E-state index in [1.54, 1.807) is 23.5 Å². The zero-order valence-electron chi connectivity index (χ0n) is 22.0. The second-order valence-electron chi connectivity index (χ2n) is 10.3. The summed E-state index contributed by atoms with van der Waals surface area (Å²) >= 11 is 1.72. The van der Waals surface area contributed by atoms with Crippen LogP contribution in [0.15, 0.2) is 83.1 Å². The van der Waals surface area contributed by atoms with Gasteiger partial charge in [0.25, 0.3) is 0 Å². The number of rotatable bonds is 7. The van der Waals surface area contributed by atoms with Gasteiger partial charge in [-0.15, -0.1) is 11.3 Å². The zero-order chi connectivity index (χ0) is 27.0. The van der Waals surface area contributed by atoms with E-state index in [2.05, 4.69) is 30.5 Å². The van der Waals surface area contributed by atoms with Crippen LogP contribution in [0.2, 0.25) is 0 Å². The molecule has 0 bridgehead atoms. The van der Waals surface area contributed by atoms with Crippen LogP contribution in [0, 0.1) is 6.92 Å². The number of hydrogen-bond donors (Lipinski definition) is 0.